The van der Waals surface area contributed by atoms with Crippen LogP contribution in [0.3, 0.4) is 0 Å². The molecule has 1 N–H and O–H groups in total. The molecule has 4 heterocycles. The first-order chi connectivity index (χ1) is 12.3. The Kier molecular flexibility index (Phi) is 4.01. The predicted molar refractivity (Wildman–Crippen MR) is 98.5 cm³/mol. The second-order valence-corrected chi connectivity index (χ2v) is 8.26. The van der Waals surface area contributed by atoms with Crippen LogP contribution < -0.4 is 19.7 Å². The van der Waals surface area contributed by atoms with Crippen molar-refractivity contribution in [2.75, 3.05) is 51.0 Å². The van der Waals surface area contributed by atoms with Crippen LogP contribution in [0.15, 0.2) is 18.2 Å². The van der Waals surface area contributed by atoms with Crippen LogP contribution in [0.25, 0.3) is 0 Å². The molecule has 5 nitrogen and oxygen atoms in total. The SMILES string of the molecule is c1cc2c(cc1N1CCC(N3CC[C@@]4(CCCNC4)C3)CC1)OCO2. The van der Waals surface area contributed by atoms with Gasteiger partial charge in [-0.2, -0.15) is 0 Å². The van der Waals surface area contributed by atoms with Gasteiger partial charge in [-0.05, 0) is 62.7 Å². The molecule has 0 unspecified atom stereocenters. The molecule has 4 aliphatic rings. The molecule has 1 atom stereocenters. The summed E-state index contributed by atoms with van der Waals surface area (Å²) in [5.74, 6) is 1.77. The van der Waals surface area contributed by atoms with Crippen molar-refractivity contribution in [3.8, 4) is 11.5 Å². The standard InChI is InChI=1S/C20H29N3O2/c1-6-20(13-21-8-1)7-11-23(14-20)16-4-9-22(10-5-16)17-2-3-18-19(12-17)25-15-24-18/h2-3,12,16,21H,1,4-11,13-15H2/t20-/m1/s1. The number of nitrogens with one attached hydrogen (secondary N) is 1. The smallest absolute Gasteiger partial charge is 0.231 e. The molecule has 0 aromatic heterocycles. The minimum absolute atomic E-state index is 0.354. The summed E-state index contributed by atoms with van der Waals surface area (Å²) in [6, 6.07) is 7.13. The van der Waals surface area contributed by atoms with Crippen molar-refractivity contribution in [3.05, 3.63) is 18.2 Å². The second-order valence-electron chi connectivity index (χ2n) is 8.26. The lowest BCUT2D eigenvalue weighted by Gasteiger charge is -2.39. The Balaban J connectivity index is 1.19. The number of nitrogens with zero attached hydrogens (tertiary/aromatic N) is 2. The Bertz CT molecular complexity index is 621. The zero-order chi connectivity index (χ0) is 16.7. The minimum Gasteiger partial charge on any atom is -0.454 e. The van der Waals surface area contributed by atoms with Gasteiger partial charge in [0.1, 0.15) is 0 Å². The fourth-order valence-corrected chi connectivity index (χ4v) is 5.23. The van der Waals surface area contributed by atoms with Crippen LogP contribution in [0.5, 0.6) is 11.5 Å². The lowest BCUT2D eigenvalue weighted by molar-refractivity contribution is 0.157. The van der Waals surface area contributed by atoms with E-state index in [1.807, 2.05) is 6.07 Å². The average molecular weight is 343 g/mol. The van der Waals surface area contributed by atoms with E-state index in [1.54, 1.807) is 0 Å². The molecule has 4 aliphatic heterocycles. The summed E-state index contributed by atoms with van der Waals surface area (Å²) in [5.41, 5.74) is 1.85. The summed E-state index contributed by atoms with van der Waals surface area (Å²) in [6.45, 7) is 7.71. The molecular weight excluding hydrogens is 314 g/mol. The van der Waals surface area contributed by atoms with E-state index < -0.39 is 0 Å². The third-order valence-electron chi connectivity index (χ3n) is 6.73. The van der Waals surface area contributed by atoms with Gasteiger partial charge in [-0.15, -0.1) is 0 Å². The Labute approximate surface area is 150 Å². The summed E-state index contributed by atoms with van der Waals surface area (Å²) in [5, 5.41) is 3.63. The van der Waals surface area contributed by atoms with Crippen LogP contribution in [-0.4, -0.2) is 57.0 Å². The van der Waals surface area contributed by atoms with Gasteiger partial charge in [-0.25, -0.2) is 0 Å². The first kappa shape index (κ1) is 15.8. The maximum atomic E-state index is 5.53. The number of likely N-dealkylation sites (tertiary alicyclic amines) is 1. The highest BCUT2D eigenvalue weighted by atomic mass is 16.7. The van der Waals surface area contributed by atoms with Gasteiger partial charge in [0, 0.05) is 44.0 Å². The fraction of sp³-hybridized carbons (Fsp3) is 0.700. The molecule has 136 valence electrons. The Morgan fingerprint density at radius 3 is 2.76 bits per heavy atom. The van der Waals surface area contributed by atoms with Crippen molar-refractivity contribution in [1.82, 2.24) is 10.2 Å². The van der Waals surface area contributed by atoms with Crippen LogP contribution >= 0.6 is 0 Å². The first-order valence-corrected chi connectivity index (χ1v) is 9.91. The molecular formula is C20H29N3O2. The lowest BCUT2D eigenvalue weighted by atomic mass is 9.80. The Morgan fingerprint density at radius 2 is 1.92 bits per heavy atom. The molecule has 1 aromatic carbocycles. The van der Waals surface area contributed by atoms with Crippen LogP contribution in [0.2, 0.25) is 0 Å². The fourth-order valence-electron chi connectivity index (χ4n) is 5.23. The van der Waals surface area contributed by atoms with Crippen LogP contribution in [0, 0.1) is 5.41 Å². The molecule has 1 spiro atoms. The number of ether oxygens (including phenoxy) is 2. The Hall–Kier alpha value is -1.46. The number of hydrogen-bond acceptors (Lipinski definition) is 5. The average Bonchev–Trinajstić information content (AvgIpc) is 3.29. The van der Waals surface area contributed by atoms with Gasteiger partial charge in [0.05, 0.1) is 0 Å². The molecule has 0 bridgehead atoms. The van der Waals surface area contributed by atoms with Crippen molar-refractivity contribution in [2.24, 2.45) is 5.41 Å². The Morgan fingerprint density at radius 1 is 1.04 bits per heavy atom. The van der Waals surface area contributed by atoms with E-state index in [4.69, 9.17) is 9.47 Å². The van der Waals surface area contributed by atoms with Crippen molar-refractivity contribution < 1.29 is 9.47 Å². The van der Waals surface area contributed by atoms with Crippen LogP contribution in [0.1, 0.15) is 32.1 Å². The van der Waals surface area contributed by atoms with E-state index in [0.29, 0.717) is 12.2 Å². The summed E-state index contributed by atoms with van der Waals surface area (Å²) in [4.78, 5) is 5.30. The van der Waals surface area contributed by atoms with E-state index in [1.165, 1.54) is 64.0 Å². The van der Waals surface area contributed by atoms with E-state index in [2.05, 4.69) is 27.2 Å². The first-order valence-electron chi connectivity index (χ1n) is 9.91. The van der Waals surface area contributed by atoms with E-state index in [-0.39, 0.29) is 0 Å². The molecule has 3 saturated heterocycles. The molecule has 0 amide bonds. The van der Waals surface area contributed by atoms with Gasteiger partial charge < -0.3 is 19.7 Å². The van der Waals surface area contributed by atoms with Gasteiger partial charge >= 0.3 is 0 Å². The van der Waals surface area contributed by atoms with Crippen molar-refractivity contribution in [2.45, 2.75) is 38.1 Å². The quantitative estimate of drug-likeness (QED) is 0.893. The van der Waals surface area contributed by atoms with E-state index >= 15 is 0 Å². The number of rotatable bonds is 2. The third kappa shape index (κ3) is 2.97. The van der Waals surface area contributed by atoms with Crippen molar-refractivity contribution in [1.29, 1.82) is 0 Å². The van der Waals surface area contributed by atoms with Gasteiger partial charge in [0.2, 0.25) is 6.79 Å². The highest BCUT2D eigenvalue weighted by Gasteiger charge is 2.41. The second kappa shape index (κ2) is 6.36. The maximum absolute atomic E-state index is 5.53. The number of anilines is 1. The van der Waals surface area contributed by atoms with E-state index in [0.717, 1.165) is 30.6 Å². The van der Waals surface area contributed by atoms with Gasteiger partial charge in [-0.3, -0.25) is 4.90 Å². The highest BCUT2D eigenvalue weighted by molar-refractivity contribution is 5.57. The minimum atomic E-state index is 0.354. The summed E-state index contributed by atoms with van der Waals surface area (Å²) in [7, 11) is 0. The summed E-state index contributed by atoms with van der Waals surface area (Å²) >= 11 is 0. The van der Waals surface area contributed by atoms with Crippen LogP contribution in [0.4, 0.5) is 5.69 Å². The third-order valence-corrected chi connectivity index (χ3v) is 6.73. The maximum Gasteiger partial charge on any atom is 0.231 e. The number of benzene rings is 1. The number of piperidine rings is 2. The molecule has 3 fully saturated rings. The predicted octanol–water partition coefficient (Wildman–Crippen LogP) is 2.46. The molecule has 0 radical (unpaired) electrons. The van der Waals surface area contributed by atoms with Gasteiger partial charge in [-0.1, -0.05) is 0 Å². The summed E-state index contributed by atoms with van der Waals surface area (Å²) in [6.07, 6.45) is 6.72. The lowest BCUT2D eigenvalue weighted by Crippen LogP contribution is -2.47. The zero-order valence-electron chi connectivity index (χ0n) is 15.0. The molecule has 25 heavy (non-hydrogen) atoms. The molecule has 1 aromatic rings. The number of fused-ring (bicyclic) bond motifs is 1. The largest absolute Gasteiger partial charge is 0.454 e. The monoisotopic (exact) mass is 343 g/mol. The van der Waals surface area contributed by atoms with E-state index in [9.17, 15) is 0 Å². The van der Waals surface area contributed by atoms with Crippen molar-refractivity contribution >= 4 is 5.69 Å². The topological polar surface area (TPSA) is 37.0 Å². The highest BCUT2D eigenvalue weighted by Crippen LogP contribution is 2.39. The zero-order valence-corrected chi connectivity index (χ0v) is 15.0. The van der Waals surface area contributed by atoms with Gasteiger partial charge in [0.25, 0.3) is 0 Å². The molecule has 5 rings (SSSR count). The molecule has 0 aliphatic carbocycles. The number of hydrogen-bond donors (Lipinski definition) is 1. The molecule has 0 saturated carbocycles. The van der Waals surface area contributed by atoms with Gasteiger partial charge in [0.15, 0.2) is 11.5 Å². The normalized spacial score (nSPS) is 30.3. The summed E-state index contributed by atoms with van der Waals surface area (Å²) < 4.78 is 11.0. The molecule has 5 heteroatoms. The van der Waals surface area contributed by atoms with Crippen LogP contribution in [-0.2, 0) is 0 Å². The van der Waals surface area contributed by atoms with Crippen molar-refractivity contribution in [3.63, 3.8) is 0 Å².